The third kappa shape index (κ3) is 5.50. The van der Waals surface area contributed by atoms with E-state index in [2.05, 4.69) is 53.6 Å². The number of para-hydroxylation sites is 1. The lowest BCUT2D eigenvalue weighted by molar-refractivity contribution is -0.111. The summed E-state index contributed by atoms with van der Waals surface area (Å²) in [6, 6.07) is 26.2. The Kier molecular flexibility index (Phi) is 7.10. The van der Waals surface area contributed by atoms with Crippen LogP contribution < -0.4 is 10.1 Å². The SMILES string of the molecule is CCCOc1ccccc1/C=C/C(=O)Nc1nc(-c2ccc(-c3ccccc3)cc2)cs1. The second-order valence-corrected chi connectivity index (χ2v) is 8.05. The van der Waals surface area contributed by atoms with Gasteiger partial charge in [-0.2, -0.15) is 0 Å². The molecular formula is C27H24N2O2S. The molecule has 3 aromatic carbocycles. The van der Waals surface area contributed by atoms with Crippen LogP contribution in [0, 0.1) is 0 Å². The summed E-state index contributed by atoms with van der Waals surface area (Å²) in [6.07, 6.45) is 4.20. The van der Waals surface area contributed by atoms with Crippen molar-refractivity contribution in [3.05, 3.63) is 95.9 Å². The van der Waals surface area contributed by atoms with Gasteiger partial charge in [-0.1, -0.05) is 79.7 Å². The zero-order valence-electron chi connectivity index (χ0n) is 17.8. The number of benzene rings is 3. The average Bonchev–Trinajstić information content (AvgIpc) is 3.31. The summed E-state index contributed by atoms with van der Waals surface area (Å²) in [5.41, 5.74) is 5.06. The molecule has 0 aliphatic rings. The van der Waals surface area contributed by atoms with Crippen molar-refractivity contribution in [1.29, 1.82) is 0 Å². The van der Waals surface area contributed by atoms with E-state index in [0.717, 1.165) is 34.6 Å². The number of carbonyl (C=O) groups excluding carboxylic acids is 1. The van der Waals surface area contributed by atoms with Gasteiger partial charge in [0.2, 0.25) is 5.91 Å². The second kappa shape index (κ2) is 10.6. The highest BCUT2D eigenvalue weighted by atomic mass is 32.1. The van der Waals surface area contributed by atoms with Crippen LogP contribution in [0.25, 0.3) is 28.5 Å². The number of rotatable bonds is 8. The highest BCUT2D eigenvalue weighted by Gasteiger charge is 2.08. The van der Waals surface area contributed by atoms with Gasteiger partial charge in [-0.05, 0) is 29.7 Å². The Morgan fingerprint density at radius 3 is 2.41 bits per heavy atom. The number of carbonyl (C=O) groups is 1. The zero-order valence-corrected chi connectivity index (χ0v) is 18.6. The third-order valence-electron chi connectivity index (χ3n) is 4.82. The third-order valence-corrected chi connectivity index (χ3v) is 5.57. The van der Waals surface area contributed by atoms with Crippen LogP contribution in [0.5, 0.6) is 5.75 Å². The fourth-order valence-electron chi connectivity index (χ4n) is 3.20. The Bertz CT molecular complexity index is 1200. The maximum atomic E-state index is 12.4. The maximum Gasteiger partial charge on any atom is 0.250 e. The maximum absolute atomic E-state index is 12.4. The fourth-order valence-corrected chi connectivity index (χ4v) is 3.92. The Balaban J connectivity index is 1.40. The molecule has 0 saturated heterocycles. The molecule has 1 heterocycles. The largest absolute Gasteiger partial charge is 0.493 e. The van der Waals surface area contributed by atoms with Crippen LogP contribution in [0.15, 0.2) is 90.3 Å². The summed E-state index contributed by atoms with van der Waals surface area (Å²) in [7, 11) is 0. The number of hydrogen-bond donors (Lipinski definition) is 1. The van der Waals surface area contributed by atoms with E-state index in [9.17, 15) is 4.79 Å². The number of nitrogens with zero attached hydrogens (tertiary/aromatic N) is 1. The molecule has 32 heavy (non-hydrogen) atoms. The molecule has 0 aliphatic heterocycles. The van der Waals surface area contributed by atoms with Crippen LogP contribution in [-0.4, -0.2) is 17.5 Å². The molecule has 0 fully saturated rings. The molecule has 0 bridgehead atoms. The van der Waals surface area contributed by atoms with E-state index < -0.39 is 0 Å². The first-order valence-electron chi connectivity index (χ1n) is 10.5. The molecule has 0 atom stereocenters. The summed E-state index contributed by atoms with van der Waals surface area (Å²) in [5.74, 6) is 0.546. The highest BCUT2D eigenvalue weighted by molar-refractivity contribution is 7.14. The Morgan fingerprint density at radius 1 is 0.938 bits per heavy atom. The molecule has 4 rings (SSSR count). The van der Waals surface area contributed by atoms with Crippen molar-refractivity contribution < 1.29 is 9.53 Å². The fraction of sp³-hybridized carbons (Fsp3) is 0.111. The van der Waals surface area contributed by atoms with Crippen molar-refractivity contribution >= 4 is 28.5 Å². The quantitative estimate of drug-likeness (QED) is 0.303. The van der Waals surface area contributed by atoms with Crippen molar-refractivity contribution in [2.75, 3.05) is 11.9 Å². The van der Waals surface area contributed by atoms with Gasteiger partial charge < -0.3 is 4.74 Å². The van der Waals surface area contributed by atoms with Crippen molar-refractivity contribution in [2.24, 2.45) is 0 Å². The lowest BCUT2D eigenvalue weighted by atomic mass is 10.0. The molecule has 0 radical (unpaired) electrons. The van der Waals surface area contributed by atoms with Gasteiger partial charge in [0, 0.05) is 22.6 Å². The zero-order chi connectivity index (χ0) is 22.2. The van der Waals surface area contributed by atoms with Gasteiger partial charge in [0.25, 0.3) is 0 Å². The van der Waals surface area contributed by atoms with Gasteiger partial charge in [-0.15, -0.1) is 11.3 Å². The molecule has 0 aliphatic carbocycles. The number of hydrogen-bond acceptors (Lipinski definition) is 4. The minimum Gasteiger partial charge on any atom is -0.493 e. The highest BCUT2D eigenvalue weighted by Crippen LogP contribution is 2.28. The van der Waals surface area contributed by atoms with E-state index in [1.54, 1.807) is 6.08 Å². The predicted octanol–water partition coefficient (Wildman–Crippen LogP) is 6.92. The standard InChI is InChI=1S/C27H24N2O2S/c1-2-18-31-25-11-7-6-10-23(25)16-17-26(30)29-27-28-24(19-32-27)22-14-12-21(13-15-22)20-8-4-3-5-9-20/h3-17,19H,2,18H2,1H3,(H,28,29,30)/b17-16+. The van der Waals surface area contributed by atoms with Crippen molar-refractivity contribution in [2.45, 2.75) is 13.3 Å². The van der Waals surface area contributed by atoms with Crippen molar-refractivity contribution in [3.8, 4) is 28.1 Å². The smallest absolute Gasteiger partial charge is 0.250 e. The number of anilines is 1. The first-order chi connectivity index (χ1) is 15.7. The van der Waals surface area contributed by atoms with E-state index in [1.165, 1.54) is 23.0 Å². The number of aromatic nitrogens is 1. The Labute approximate surface area is 192 Å². The lowest BCUT2D eigenvalue weighted by Crippen LogP contribution is -2.07. The molecule has 0 unspecified atom stereocenters. The normalized spacial score (nSPS) is 10.9. The molecule has 5 heteroatoms. The Hall–Kier alpha value is -3.70. The number of amides is 1. The number of nitrogens with one attached hydrogen (secondary N) is 1. The average molecular weight is 441 g/mol. The van der Waals surface area contributed by atoms with E-state index in [-0.39, 0.29) is 5.91 Å². The van der Waals surface area contributed by atoms with Crippen LogP contribution in [0.2, 0.25) is 0 Å². The van der Waals surface area contributed by atoms with Gasteiger partial charge in [0.15, 0.2) is 5.13 Å². The number of ether oxygens (including phenoxy) is 1. The summed E-state index contributed by atoms with van der Waals surface area (Å²) >= 11 is 1.41. The van der Waals surface area contributed by atoms with Gasteiger partial charge in [-0.25, -0.2) is 4.98 Å². The van der Waals surface area contributed by atoms with E-state index in [1.807, 2.05) is 47.8 Å². The summed E-state index contributed by atoms with van der Waals surface area (Å²) in [4.78, 5) is 17.0. The van der Waals surface area contributed by atoms with Crippen LogP contribution >= 0.6 is 11.3 Å². The van der Waals surface area contributed by atoms with E-state index in [4.69, 9.17) is 4.74 Å². The van der Waals surface area contributed by atoms with Gasteiger partial charge >= 0.3 is 0 Å². The minimum atomic E-state index is -0.226. The number of thiazole rings is 1. The van der Waals surface area contributed by atoms with Crippen molar-refractivity contribution in [1.82, 2.24) is 4.98 Å². The summed E-state index contributed by atoms with van der Waals surface area (Å²) < 4.78 is 5.73. The van der Waals surface area contributed by atoms with Crippen LogP contribution in [0.3, 0.4) is 0 Å². The molecular weight excluding hydrogens is 416 g/mol. The second-order valence-electron chi connectivity index (χ2n) is 7.19. The molecule has 1 aromatic heterocycles. The minimum absolute atomic E-state index is 0.226. The topological polar surface area (TPSA) is 51.2 Å². The van der Waals surface area contributed by atoms with Crippen molar-refractivity contribution in [3.63, 3.8) is 0 Å². The van der Waals surface area contributed by atoms with Gasteiger partial charge in [0.05, 0.1) is 12.3 Å². The molecule has 1 amide bonds. The predicted molar refractivity (Wildman–Crippen MR) is 133 cm³/mol. The molecule has 1 N–H and O–H groups in total. The molecule has 0 saturated carbocycles. The molecule has 160 valence electrons. The van der Waals surface area contributed by atoms with Gasteiger partial charge in [0.1, 0.15) is 5.75 Å². The molecule has 0 spiro atoms. The van der Waals surface area contributed by atoms with Crippen LogP contribution in [0.4, 0.5) is 5.13 Å². The first kappa shape index (κ1) is 21.5. The van der Waals surface area contributed by atoms with Gasteiger partial charge in [-0.3, -0.25) is 10.1 Å². The first-order valence-corrected chi connectivity index (χ1v) is 11.4. The van der Waals surface area contributed by atoms with Crippen LogP contribution in [0.1, 0.15) is 18.9 Å². The summed E-state index contributed by atoms with van der Waals surface area (Å²) in [5, 5.41) is 5.36. The molecule has 4 nitrogen and oxygen atoms in total. The van der Waals surface area contributed by atoms with Crippen LogP contribution in [-0.2, 0) is 4.79 Å². The van der Waals surface area contributed by atoms with E-state index >= 15 is 0 Å². The molecule has 4 aromatic rings. The monoisotopic (exact) mass is 440 g/mol. The Morgan fingerprint density at radius 2 is 1.62 bits per heavy atom. The van der Waals surface area contributed by atoms with E-state index in [0.29, 0.717) is 11.7 Å². The summed E-state index contributed by atoms with van der Waals surface area (Å²) in [6.45, 7) is 2.71. The lowest BCUT2D eigenvalue weighted by Gasteiger charge is -2.07.